The van der Waals surface area contributed by atoms with Gasteiger partial charge in [-0.2, -0.15) is 0 Å². The first-order chi connectivity index (χ1) is 9.70. The molecule has 1 unspecified atom stereocenters. The van der Waals surface area contributed by atoms with Gasteiger partial charge in [-0.25, -0.2) is 4.79 Å². The van der Waals surface area contributed by atoms with Crippen LogP contribution >= 0.6 is 0 Å². The Morgan fingerprint density at radius 1 is 1.20 bits per heavy atom. The molecule has 2 rings (SSSR count). The standard InChI is InChI=1S/C16H17NO3/c1-3-19-16(18)15(13-7-5-4-6-8-13)20-14-10-9-12(2)17-11-14/h4-11,15H,3H2,1-2H3. The number of hydrogen-bond donors (Lipinski definition) is 0. The highest BCUT2D eigenvalue weighted by Gasteiger charge is 2.23. The lowest BCUT2D eigenvalue weighted by Gasteiger charge is -2.17. The van der Waals surface area contributed by atoms with Gasteiger partial charge < -0.3 is 9.47 Å². The van der Waals surface area contributed by atoms with E-state index in [1.54, 1.807) is 19.2 Å². The van der Waals surface area contributed by atoms with E-state index in [0.717, 1.165) is 11.3 Å². The second-order valence-electron chi connectivity index (χ2n) is 4.30. The van der Waals surface area contributed by atoms with Gasteiger partial charge in [0.1, 0.15) is 5.75 Å². The molecule has 2 aromatic rings. The molecule has 0 aliphatic rings. The lowest BCUT2D eigenvalue weighted by Crippen LogP contribution is -2.21. The minimum Gasteiger partial charge on any atom is -0.472 e. The van der Waals surface area contributed by atoms with Crippen molar-refractivity contribution >= 4 is 5.97 Å². The molecule has 0 N–H and O–H groups in total. The second kappa shape index (κ2) is 6.70. The van der Waals surface area contributed by atoms with Crippen LogP contribution in [0.1, 0.15) is 24.3 Å². The van der Waals surface area contributed by atoms with Crippen LogP contribution in [0.2, 0.25) is 0 Å². The summed E-state index contributed by atoms with van der Waals surface area (Å²) in [6.07, 6.45) is 0.825. The van der Waals surface area contributed by atoms with Crippen molar-refractivity contribution in [2.24, 2.45) is 0 Å². The van der Waals surface area contributed by atoms with E-state index in [9.17, 15) is 4.79 Å². The summed E-state index contributed by atoms with van der Waals surface area (Å²) in [5, 5.41) is 0. The van der Waals surface area contributed by atoms with Gasteiger partial charge in [0.25, 0.3) is 0 Å². The second-order valence-corrected chi connectivity index (χ2v) is 4.30. The number of esters is 1. The largest absolute Gasteiger partial charge is 0.472 e. The predicted octanol–water partition coefficient (Wildman–Crippen LogP) is 3.07. The van der Waals surface area contributed by atoms with Crippen LogP contribution in [0, 0.1) is 6.92 Å². The molecule has 1 aromatic heterocycles. The van der Waals surface area contributed by atoms with Crippen LogP contribution in [0.25, 0.3) is 0 Å². The molecular weight excluding hydrogens is 254 g/mol. The third-order valence-electron chi connectivity index (χ3n) is 2.74. The number of aryl methyl sites for hydroxylation is 1. The van der Waals surface area contributed by atoms with Gasteiger partial charge >= 0.3 is 5.97 Å². The van der Waals surface area contributed by atoms with E-state index < -0.39 is 12.1 Å². The Balaban J connectivity index is 2.23. The lowest BCUT2D eigenvalue weighted by atomic mass is 10.1. The van der Waals surface area contributed by atoms with Gasteiger partial charge in [-0.15, -0.1) is 0 Å². The van der Waals surface area contributed by atoms with Crippen molar-refractivity contribution in [2.75, 3.05) is 6.61 Å². The Morgan fingerprint density at radius 2 is 1.95 bits per heavy atom. The summed E-state index contributed by atoms with van der Waals surface area (Å²) < 4.78 is 10.8. The van der Waals surface area contributed by atoms with Crippen LogP contribution in [0.5, 0.6) is 5.75 Å². The van der Waals surface area contributed by atoms with Crippen molar-refractivity contribution in [3.63, 3.8) is 0 Å². The number of benzene rings is 1. The molecule has 0 aliphatic carbocycles. The van der Waals surface area contributed by atoms with E-state index in [-0.39, 0.29) is 0 Å². The molecule has 104 valence electrons. The first-order valence-corrected chi connectivity index (χ1v) is 6.51. The molecule has 1 atom stereocenters. The number of aromatic nitrogens is 1. The number of ether oxygens (including phenoxy) is 2. The van der Waals surface area contributed by atoms with E-state index >= 15 is 0 Å². The number of pyridine rings is 1. The van der Waals surface area contributed by atoms with Crippen LogP contribution in [-0.4, -0.2) is 17.6 Å². The SMILES string of the molecule is CCOC(=O)C(Oc1ccc(C)nc1)c1ccccc1. The van der Waals surface area contributed by atoms with Gasteiger partial charge in [-0.1, -0.05) is 30.3 Å². The number of hydrogen-bond acceptors (Lipinski definition) is 4. The fourth-order valence-corrected chi connectivity index (χ4v) is 1.76. The summed E-state index contributed by atoms with van der Waals surface area (Å²) >= 11 is 0. The van der Waals surface area contributed by atoms with Crippen LogP contribution in [-0.2, 0) is 9.53 Å². The summed E-state index contributed by atoms with van der Waals surface area (Å²) in [5.74, 6) is 0.136. The van der Waals surface area contributed by atoms with Crippen molar-refractivity contribution in [3.8, 4) is 5.75 Å². The fraction of sp³-hybridized carbons (Fsp3) is 0.250. The van der Waals surface area contributed by atoms with E-state index in [1.165, 1.54) is 0 Å². The van der Waals surface area contributed by atoms with Crippen LogP contribution in [0.3, 0.4) is 0 Å². The lowest BCUT2D eigenvalue weighted by molar-refractivity contribution is -0.151. The summed E-state index contributed by atoms with van der Waals surface area (Å²) in [6.45, 7) is 3.98. The van der Waals surface area contributed by atoms with Crippen LogP contribution < -0.4 is 4.74 Å². The van der Waals surface area contributed by atoms with Crippen molar-refractivity contribution in [1.82, 2.24) is 4.98 Å². The first-order valence-electron chi connectivity index (χ1n) is 6.51. The Bertz CT molecular complexity index is 552. The zero-order chi connectivity index (χ0) is 14.4. The van der Waals surface area contributed by atoms with Crippen molar-refractivity contribution < 1.29 is 14.3 Å². The quantitative estimate of drug-likeness (QED) is 0.784. The predicted molar refractivity (Wildman–Crippen MR) is 75.4 cm³/mol. The zero-order valence-electron chi connectivity index (χ0n) is 11.6. The summed E-state index contributed by atoms with van der Waals surface area (Å²) in [6, 6.07) is 12.9. The third kappa shape index (κ3) is 3.57. The van der Waals surface area contributed by atoms with Gasteiger partial charge in [0.2, 0.25) is 6.10 Å². The van der Waals surface area contributed by atoms with Crippen molar-refractivity contribution in [2.45, 2.75) is 20.0 Å². The molecule has 0 saturated heterocycles. The zero-order valence-corrected chi connectivity index (χ0v) is 11.6. The van der Waals surface area contributed by atoms with Crippen LogP contribution in [0.4, 0.5) is 0 Å². The van der Waals surface area contributed by atoms with Crippen LogP contribution in [0.15, 0.2) is 48.7 Å². The van der Waals surface area contributed by atoms with Gasteiger partial charge in [-0.3, -0.25) is 4.98 Å². The molecule has 0 saturated carbocycles. The topological polar surface area (TPSA) is 48.4 Å². The van der Waals surface area contributed by atoms with E-state index in [1.807, 2.05) is 43.3 Å². The number of nitrogens with zero attached hydrogens (tertiary/aromatic N) is 1. The highest BCUT2D eigenvalue weighted by Crippen LogP contribution is 2.22. The first kappa shape index (κ1) is 14.1. The smallest absolute Gasteiger partial charge is 0.352 e. The highest BCUT2D eigenvalue weighted by molar-refractivity contribution is 5.77. The van der Waals surface area contributed by atoms with E-state index in [0.29, 0.717) is 12.4 Å². The molecule has 4 heteroatoms. The molecule has 0 amide bonds. The summed E-state index contributed by atoms with van der Waals surface area (Å²) in [4.78, 5) is 16.2. The fourth-order valence-electron chi connectivity index (χ4n) is 1.76. The van der Waals surface area contributed by atoms with Gasteiger partial charge in [0.05, 0.1) is 12.8 Å². The maximum absolute atomic E-state index is 12.0. The molecule has 4 nitrogen and oxygen atoms in total. The molecule has 1 heterocycles. The Kier molecular flexibility index (Phi) is 4.71. The summed E-state index contributed by atoms with van der Waals surface area (Å²) in [5.41, 5.74) is 1.65. The van der Waals surface area contributed by atoms with E-state index in [2.05, 4.69) is 4.98 Å². The van der Waals surface area contributed by atoms with Gasteiger partial charge in [0, 0.05) is 11.3 Å². The van der Waals surface area contributed by atoms with E-state index in [4.69, 9.17) is 9.47 Å². The third-order valence-corrected chi connectivity index (χ3v) is 2.74. The maximum Gasteiger partial charge on any atom is 0.352 e. The Hall–Kier alpha value is -2.36. The van der Waals surface area contributed by atoms with Gasteiger partial charge in [0.15, 0.2) is 0 Å². The van der Waals surface area contributed by atoms with Crippen molar-refractivity contribution in [1.29, 1.82) is 0 Å². The molecule has 0 radical (unpaired) electrons. The molecular formula is C16H17NO3. The molecule has 20 heavy (non-hydrogen) atoms. The summed E-state index contributed by atoms with van der Waals surface area (Å²) in [7, 11) is 0. The molecule has 0 bridgehead atoms. The van der Waals surface area contributed by atoms with Gasteiger partial charge in [-0.05, 0) is 26.0 Å². The average molecular weight is 271 g/mol. The Morgan fingerprint density at radius 3 is 2.55 bits per heavy atom. The maximum atomic E-state index is 12.0. The number of rotatable bonds is 5. The molecule has 0 fully saturated rings. The minimum atomic E-state index is -0.777. The number of carbonyl (C=O) groups excluding carboxylic acids is 1. The highest BCUT2D eigenvalue weighted by atomic mass is 16.6. The normalized spacial score (nSPS) is 11.7. The molecule has 0 spiro atoms. The molecule has 0 aliphatic heterocycles. The monoisotopic (exact) mass is 271 g/mol. The van der Waals surface area contributed by atoms with Crippen molar-refractivity contribution in [3.05, 3.63) is 59.9 Å². The average Bonchev–Trinajstić information content (AvgIpc) is 2.48. The molecule has 1 aromatic carbocycles. The Labute approximate surface area is 118 Å². The number of carbonyl (C=O) groups is 1. The minimum absolute atomic E-state index is 0.317.